The minimum absolute atomic E-state index is 0.249. The summed E-state index contributed by atoms with van der Waals surface area (Å²) in [4.78, 5) is 11.2. The Kier molecular flexibility index (Phi) is 7.07. The first-order valence-corrected chi connectivity index (χ1v) is 10.9. The molecule has 0 spiro atoms. The average molecular weight is 464 g/mol. The molecule has 0 saturated carbocycles. The minimum Gasteiger partial charge on any atom is -0.383 e. The van der Waals surface area contributed by atoms with Crippen LogP contribution in [0.3, 0.4) is 0 Å². The van der Waals surface area contributed by atoms with Gasteiger partial charge in [-0.25, -0.2) is 9.97 Å². The van der Waals surface area contributed by atoms with Crippen molar-refractivity contribution in [1.29, 1.82) is 5.26 Å². The molecule has 0 amide bonds. The smallest absolute Gasteiger partial charge is 0.142 e. The van der Waals surface area contributed by atoms with Crippen molar-refractivity contribution in [3.63, 3.8) is 0 Å². The monoisotopic (exact) mass is 463 g/mol. The van der Waals surface area contributed by atoms with Gasteiger partial charge in [-0.3, -0.25) is 0 Å². The normalized spacial score (nSPS) is 10.6. The van der Waals surface area contributed by atoms with E-state index in [0.29, 0.717) is 5.56 Å². The molecule has 2 heterocycles. The number of benzene rings is 1. The van der Waals surface area contributed by atoms with E-state index in [1.165, 1.54) is 0 Å². The Morgan fingerprint density at radius 3 is 2.53 bits per heavy atom. The van der Waals surface area contributed by atoms with Crippen LogP contribution in [-0.4, -0.2) is 24.1 Å². The van der Waals surface area contributed by atoms with Gasteiger partial charge in [0.15, 0.2) is 0 Å². The van der Waals surface area contributed by atoms with E-state index in [9.17, 15) is 5.26 Å². The molecule has 0 unspecified atom stereocenters. The van der Waals surface area contributed by atoms with Crippen molar-refractivity contribution in [3.05, 3.63) is 58.2 Å². The van der Waals surface area contributed by atoms with E-state index < -0.39 is 0 Å². The van der Waals surface area contributed by atoms with E-state index in [2.05, 4.69) is 38.9 Å². The van der Waals surface area contributed by atoms with Gasteiger partial charge in [-0.05, 0) is 48.2 Å². The maximum Gasteiger partial charge on any atom is 0.142 e. The fourth-order valence-electron chi connectivity index (χ4n) is 3.54. The average Bonchev–Trinajstić information content (AvgIpc) is 2.74. The number of hydrogen-bond donors (Lipinski definition) is 1. The Labute approximate surface area is 186 Å². The Morgan fingerprint density at radius 2 is 1.93 bits per heavy atom. The Bertz CT molecular complexity index is 1070. The van der Waals surface area contributed by atoms with Crippen molar-refractivity contribution in [3.8, 4) is 28.5 Å². The van der Waals surface area contributed by atoms with Gasteiger partial charge in [0.1, 0.15) is 23.3 Å². The summed E-state index contributed by atoms with van der Waals surface area (Å²) in [5, 5.41) is 9.89. The third-order valence-electron chi connectivity index (χ3n) is 5.06. The number of nitrogens with two attached hydrogens (primary N) is 1. The molecule has 3 aromatic rings. The highest BCUT2D eigenvalue weighted by molar-refractivity contribution is 9.10. The molecule has 3 rings (SSSR count). The predicted molar refractivity (Wildman–Crippen MR) is 127 cm³/mol. The van der Waals surface area contributed by atoms with Crippen LogP contribution in [0.25, 0.3) is 22.4 Å². The lowest BCUT2D eigenvalue weighted by molar-refractivity contribution is 0.717. The van der Waals surface area contributed by atoms with E-state index in [4.69, 9.17) is 5.73 Å². The lowest BCUT2D eigenvalue weighted by atomic mass is 9.89. The van der Waals surface area contributed by atoms with Gasteiger partial charge in [0.25, 0.3) is 0 Å². The summed E-state index contributed by atoms with van der Waals surface area (Å²) in [6, 6.07) is 14.3. The van der Waals surface area contributed by atoms with Crippen LogP contribution >= 0.6 is 15.9 Å². The first-order valence-electron chi connectivity index (χ1n) is 10.1. The van der Waals surface area contributed by atoms with Crippen molar-refractivity contribution in [2.24, 2.45) is 0 Å². The van der Waals surface area contributed by atoms with Crippen molar-refractivity contribution in [1.82, 2.24) is 9.97 Å². The van der Waals surface area contributed by atoms with Gasteiger partial charge in [-0.1, -0.05) is 47.8 Å². The lowest BCUT2D eigenvalue weighted by Gasteiger charge is -2.19. The molecule has 6 heteroatoms. The summed E-state index contributed by atoms with van der Waals surface area (Å²) >= 11 is 3.55. The van der Waals surface area contributed by atoms with Gasteiger partial charge in [-0.2, -0.15) is 5.26 Å². The van der Waals surface area contributed by atoms with E-state index >= 15 is 0 Å². The second-order valence-corrected chi connectivity index (χ2v) is 8.37. The van der Waals surface area contributed by atoms with Crippen molar-refractivity contribution >= 4 is 27.6 Å². The van der Waals surface area contributed by atoms with Gasteiger partial charge in [0, 0.05) is 35.9 Å². The zero-order chi connectivity index (χ0) is 21.7. The van der Waals surface area contributed by atoms with Gasteiger partial charge in [-0.15, -0.1) is 0 Å². The molecular weight excluding hydrogens is 438 g/mol. The first kappa shape index (κ1) is 21.8. The van der Waals surface area contributed by atoms with Gasteiger partial charge in [0.2, 0.25) is 0 Å². The molecule has 2 N–H and O–H groups in total. The summed E-state index contributed by atoms with van der Waals surface area (Å²) < 4.78 is 0.956. The Balaban J connectivity index is 2.27. The number of halogens is 1. The first-order chi connectivity index (χ1) is 14.5. The molecule has 0 aliphatic rings. The molecule has 0 bridgehead atoms. The number of pyridine rings is 2. The summed E-state index contributed by atoms with van der Waals surface area (Å²) in [6.07, 6.45) is 5.90. The van der Waals surface area contributed by atoms with Crippen LogP contribution in [0.4, 0.5) is 11.6 Å². The molecule has 5 nitrogen and oxygen atoms in total. The molecule has 0 radical (unpaired) electrons. The number of nitrogen functional groups attached to an aromatic ring is 1. The second-order valence-electron chi connectivity index (χ2n) is 7.45. The summed E-state index contributed by atoms with van der Waals surface area (Å²) in [6.45, 7) is 2.18. The van der Waals surface area contributed by atoms with Crippen LogP contribution in [0.2, 0.25) is 0 Å². The number of unbranched alkanes of at least 4 members (excludes halogenated alkanes) is 2. The van der Waals surface area contributed by atoms with Crippen molar-refractivity contribution in [2.45, 2.75) is 32.6 Å². The highest BCUT2D eigenvalue weighted by atomic mass is 79.9. The molecule has 30 heavy (non-hydrogen) atoms. The van der Waals surface area contributed by atoms with Crippen molar-refractivity contribution in [2.75, 3.05) is 24.7 Å². The SMILES string of the molecule is CCCCCc1c(-c2ccc(N(C)C)nc2)nc(N)c(C#N)c1-c1cccc(Br)c1. The number of anilines is 2. The van der Waals surface area contributed by atoms with Crippen LogP contribution in [0, 0.1) is 11.3 Å². The Hall–Kier alpha value is -2.91. The minimum atomic E-state index is 0.249. The fourth-order valence-corrected chi connectivity index (χ4v) is 3.94. The van der Waals surface area contributed by atoms with Crippen molar-refractivity contribution < 1.29 is 0 Å². The maximum atomic E-state index is 9.89. The Morgan fingerprint density at radius 1 is 1.13 bits per heavy atom. The quantitative estimate of drug-likeness (QED) is 0.446. The zero-order valence-electron chi connectivity index (χ0n) is 17.6. The van der Waals surface area contributed by atoms with E-state index in [0.717, 1.165) is 63.9 Å². The number of nitrogens with zero attached hydrogens (tertiary/aromatic N) is 4. The largest absolute Gasteiger partial charge is 0.383 e. The van der Waals surface area contributed by atoms with Gasteiger partial charge >= 0.3 is 0 Å². The van der Waals surface area contributed by atoms with Crippen LogP contribution in [-0.2, 0) is 6.42 Å². The fraction of sp³-hybridized carbons (Fsp3) is 0.292. The van der Waals surface area contributed by atoms with Crippen LogP contribution in [0.5, 0.6) is 0 Å². The summed E-state index contributed by atoms with van der Waals surface area (Å²) in [5.74, 6) is 1.12. The maximum absolute atomic E-state index is 9.89. The van der Waals surface area contributed by atoms with E-state index in [1.807, 2.05) is 61.6 Å². The molecule has 0 atom stereocenters. The van der Waals surface area contributed by atoms with Crippen LogP contribution < -0.4 is 10.6 Å². The summed E-state index contributed by atoms with van der Waals surface area (Å²) in [7, 11) is 3.92. The molecule has 154 valence electrons. The van der Waals surface area contributed by atoms with Gasteiger partial charge in [0.05, 0.1) is 5.69 Å². The second kappa shape index (κ2) is 9.73. The van der Waals surface area contributed by atoms with Gasteiger partial charge < -0.3 is 10.6 Å². The summed E-state index contributed by atoms with van der Waals surface area (Å²) in [5.41, 5.74) is 11.3. The predicted octanol–water partition coefficient (Wildman–Crippen LogP) is 5.83. The molecular formula is C24H26BrN5. The highest BCUT2D eigenvalue weighted by Crippen LogP contribution is 2.38. The molecule has 0 saturated heterocycles. The van der Waals surface area contributed by atoms with E-state index in [1.54, 1.807) is 0 Å². The zero-order valence-corrected chi connectivity index (χ0v) is 19.2. The molecule has 1 aromatic carbocycles. The number of nitriles is 1. The van der Waals surface area contributed by atoms with Crippen LogP contribution in [0.1, 0.15) is 37.3 Å². The molecule has 0 aliphatic carbocycles. The van der Waals surface area contributed by atoms with Crippen LogP contribution in [0.15, 0.2) is 47.1 Å². The standard InChI is InChI=1S/C24H26BrN5/c1-4-5-6-10-19-22(16-8-7-9-18(25)13-16)20(14-26)24(27)29-23(19)17-11-12-21(28-15-17)30(2)3/h7-9,11-13,15H,4-6,10H2,1-3H3,(H2,27,29). The lowest BCUT2D eigenvalue weighted by Crippen LogP contribution is -2.10. The topological polar surface area (TPSA) is 78.8 Å². The molecule has 2 aromatic heterocycles. The highest BCUT2D eigenvalue weighted by Gasteiger charge is 2.21. The number of rotatable bonds is 7. The number of hydrogen-bond acceptors (Lipinski definition) is 5. The molecule has 0 aliphatic heterocycles. The third kappa shape index (κ3) is 4.63. The van der Waals surface area contributed by atoms with E-state index in [-0.39, 0.29) is 5.82 Å². The third-order valence-corrected chi connectivity index (χ3v) is 5.55. The molecule has 0 fully saturated rings. The number of aromatic nitrogens is 2.